The predicted octanol–water partition coefficient (Wildman–Crippen LogP) is -1.06. The molecule has 0 amide bonds. The van der Waals surface area contributed by atoms with E-state index >= 15 is 0 Å². The van der Waals surface area contributed by atoms with Crippen molar-refractivity contribution < 1.29 is 27.7 Å². The topological polar surface area (TPSA) is 188 Å². The number of hydrogen-bond donors (Lipinski definition) is 2. The minimum atomic E-state index is -1.43. The standard InChI is InChI=1S/C20H22N10O6/c1-6-35-26-13(1)18(15-24-27-28-25-15)12-34-19(14-11-36-29-23-14,16-21-2-7-32-16)20(18,17-22-3-8-33-17)30-4-9-31-10-5-30/h1,3,6,8,11,16,21H,2,4-5,7,9-10,12H2,(H,24,25,27,28). The van der Waals surface area contributed by atoms with E-state index in [0.29, 0.717) is 62.6 Å². The summed E-state index contributed by atoms with van der Waals surface area (Å²) in [5, 5.41) is 31.3. The fraction of sp³-hybridized carbons (Fsp3) is 0.550. The Morgan fingerprint density at radius 2 is 2.00 bits per heavy atom. The smallest absolute Gasteiger partial charge is 0.219 e. The molecule has 3 fully saturated rings. The zero-order valence-corrected chi connectivity index (χ0v) is 18.9. The van der Waals surface area contributed by atoms with Gasteiger partial charge in [-0.25, -0.2) is 4.98 Å². The monoisotopic (exact) mass is 498 g/mol. The third kappa shape index (κ3) is 2.61. The lowest BCUT2D eigenvalue weighted by atomic mass is 9.58. The van der Waals surface area contributed by atoms with E-state index in [0.717, 1.165) is 0 Å². The van der Waals surface area contributed by atoms with E-state index in [-0.39, 0.29) is 6.61 Å². The highest BCUT2D eigenvalue weighted by molar-refractivity contribution is 5.46. The molecule has 4 unspecified atom stereocenters. The molecule has 0 aliphatic carbocycles. The summed E-state index contributed by atoms with van der Waals surface area (Å²) >= 11 is 0. The van der Waals surface area contributed by atoms with E-state index in [1.807, 2.05) is 0 Å². The van der Waals surface area contributed by atoms with Gasteiger partial charge in [-0.1, -0.05) is 10.4 Å². The van der Waals surface area contributed by atoms with Gasteiger partial charge in [-0.3, -0.25) is 10.2 Å². The third-order valence-corrected chi connectivity index (χ3v) is 7.33. The molecule has 7 rings (SSSR count). The Morgan fingerprint density at radius 1 is 1.06 bits per heavy atom. The molecule has 0 saturated carbocycles. The SMILES string of the molecule is c1coc(C2(N3CCOCC3)C(c3ccon3)(c3nn[nH]n3)COC2(c2conn2)C2NCCO2)n1. The number of morpholine rings is 1. The van der Waals surface area contributed by atoms with Gasteiger partial charge in [-0.2, -0.15) is 5.21 Å². The number of nitrogens with one attached hydrogen (secondary N) is 2. The molecule has 0 aromatic carbocycles. The lowest BCUT2D eigenvalue weighted by Crippen LogP contribution is -2.72. The number of rotatable bonds is 6. The maximum Gasteiger partial charge on any atom is 0.219 e. The molecule has 3 saturated heterocycles. The summed E-state index contributed by atoms with van der Waals surface area (Å²) in [5.74, 6) is 0.618. The first kappa shape index (κ1) is 21.7. The highest BCUT2D eigenvalue weighted by atomic mass is 16.6. The summed E-state index contributed by atoms with van der Waals surface area (Å²) in [5.41, 5.74) is -3.17. The molecule has 3 aliphatic rings. The Hall–Kier alpha value is -3.57. The van der Waals surface area contributed by atoms with E-state index in [1.54, 1.807) is 12.3 Å². The van der Waals surface area contributed by atoms with Gasteiger partial charge in [0, 0.05) is 31.0 Å². The van der Waals surface area contributed by atoms with E-state index in [4.69, 9.17) is 32.7 Å². The van der Waals surface area contributed by atoms with Crippen LogP contribution in [0.3, 0.4) is 0 Å². The van der Waals surface area contributed by atoms with Crippen molar-refractivity contribution in [2.75, 3.05) is 46.1 Å². The van der Waals surface area contributed by atoms with E-state index < -0.39 is 22.8 Å². The maximum atomic E-state index is 6.89. The fourth-order valence-corrected chi connectivity index (χ4v) is 6.08. The third-order valence-electron chi connectivity index (χ3n) is 7.33. The summed E-state index contributed by atoms with van der Waals surface area (Å²) < 4.78 is 35.7. The minimum Gasteiger partial charge on any atom is -0.447 e. The quantitative estimate of drug-likeness (QED) is 0.327. The van der Waals surface area contributed by atoms with Crippen molar-refractivity contribution in [1.29, 1.82) is 0 Å². The molecule has 7 heterocycles. The molecule has 0 spiro atoms. The van der Waals surface area contributed by atoms with Crippen LogP contribution in [0.4, 0.5) is 0 Å². The van der Waals surface area contributed by atoms with E-state index in [2.05, 4.69) is 46.4 Å². The van der Waals surface area contributed by atoms with Crippen molar-refractivity contribution in [2.45, 2.75) is 22.8 Å². The first-order chi connectivity index (χ1) is 17.8. The Labute approximate surface area is 202 Å². The molecule has 4 aromatic heterocycles. The van der Waals surface area contributed by atoms with Gasteiger partial charge in [0.05, 0.1) is 32.6 Å². The molecule has 188 valence electrons. The zero-order valence-electron chi connectivity index (χ0n) is 18.9. The normalized spacial score (nSPS) is 33.4. The molecule has 0 bridgehead atoms. The molecule has 16 nitrogen and oxygen atoms in total. The number of nitrogens with zero attached hydrogens (tertiary/aromatic N) is 8. The van der Waals surface area contributed by atoms with Crippen LogP contribution in [0, 0.1) is 0 Å². The molecule has 16 heteroatoms. The second-order valence-electron chi connectivity index (χ2n) is 8.69. The van der Waals surface area contributed by atoms with Crippen LogP contribution in [0.1, 0.15) is 23.1 Å². The van der Waals surface area contributed by atoms with Gasteiger partial charge in [0.15, 0.2) is 23.2 Å². The largest absolute Gasteiger partial charge is 0.447 e. The summed E-state index contributed by atoms with van der Waals surface area (Å²) in [7, 11) is 0. The van der Waals surface area contributed by atoms with Gasteiger partial charge in [-0.05, 0) is 0 Å². The molecular formula is C20H22N10O6. The second-order valence-corrected chi connectivity index (χ2v) is 8.69. The second kappa shape index (κ2) is 8.24. The number of H-pyrrole nitrogens is 1. The van der Waals surface area contributed by atoms with Crippen LogP contribution < -0.4 is 5.32 Å². The Bertz CT molecular complexity index is 1220. The lowest BCUT2D eigenvalue weighted by Gasteiger charge is -2.55. The first-order valence-electron chi connectivity index (χ1n) is 11.5. The van der Waals surface area contributed by atoms with Crippen molar-refractivity contribution in [3.05, 3.63) is 54.2 Å². The van der Waals surface area contributed by atoms with Crippen molar-refractivity contribution in [3.63, 3.8) is 0 Å². The Balaban J connectivity index is 1.64. The van der Waals surface area contributed by atoms with Gasteiger partial charge in [0.25, 0.3) is 0 Å². The molecule has 0 radical (unpaired) electrons. The molecule has 36 heavy (non-hydrogen) atoms. The van der Waals surface area contributed by atoms with Crippen LogP contribution in [0.15, 0.2) is 44.5 Å². The predicted molar refractivity (Wildman–Crippen MR) is 112 cm³/mol. The molecule has 4 atom stereocenters. The number of aromatic nitrogens is 8. The van der Waals surface area contributed by atoms with Crippen molar-refractivity contribution >= 4 is 0 Å². The van der Waals surface area contributed by atoms with Gasteiger partial charge in [-0.15, -0.1) is 15.3 Å². The zero-order chi connectivity index (χ0) is 24.1. The summed E-state index contributed by atoms with van der Waals surface area (Å²) in [4.78, 5) is 6.88. The number of ether oxygens (including phenoxy) is 3. The van der Waals surface area contributed by atoms with Crippen molar-refractivity contribution in [2.24, 2.45) is 0 Å². The van der Waals surface area contributed by atoms with Crippen molar-refractivity contribution in [1.82, 2.24) is 51.4 Å². The highest BCUT2D eigenvalue weighted by Gasteiger charge is 2.82. The van der Waals surface area contributed by atoms with Crippen LogP contribution in [0.5, 0.6) is 0 Å². The molecule has 4 aromatic rings. The van der Waals surface area contributed by atoms with Gasteiger partial charge >= 0.3 is 0 Å². The highest BCUT2D eigenvalue weighted by Crippen LogP contribution is 2.65. The van der Waals surface area contributed by atoms with Crippen LogP contribution in [-0.4, -0.2) is 98.3 Å². The molecule has 2 N–H and O–H groups in total. The van der Waals surface area contributed by atoms with E-state index in [9.17, 15) is 0 Å². The van der Waals surface area contributed by atoms with Crippen LogP contribution in [-0.2, 0) is 30.8 Å². The Kier molecular flexibility index (Phi) is 4.97. The summed E-state index contributed by atoms with van der Waals surface area (Å²) in [6.07, 6.45) is 5.30. The average Bonchev–Trinajstić information content (AvgIpc) is 3.74. The van der Waals surface area contributed by atoms with Crippen LogP contribution in [0.2, 0.25) is 0 Å². The van der Waals surface area contributed by atoms with Crippen LogP contribution >= 0.6 is 0 Å². The van der Waals surface area contributed by atoms with Crippen molar-refractivity contribution in [3.8, 4) is 0 Å². The molecule has 3 aliphatic heterocycles. The summed E-state index contributed by atoms with van der Waals surface area (Å²) in [6.45, 7) is 2.94. The fourth-order valence-electron chi connectivity index (χ4n) is 6.08. The number of tetrazole rings is 1. The Morgan fingerprint density at radius 3 is 2.67 bits per heavy atom. The van der Waals surface area contributed by atoms with Gasteiger partial charge < -0.3 is 27.7 Å². The number of aromatic amines is 1. The van der Waals surface area contributed by atoms with Crippen LogP contribution in [0.25, 0.3) is 0 Å². The number of oxazole rings is 1. The summed E-state index contributed by atoms with van der Waals surface area (Å²) in [6, 6.07) is 1.75. The van der Waals surface area contributed by atoms with Gasteiger partial charge in [0.1, 0.15) is 35.6 Å². The molecular weight excluding hydrogens is 476 g/mol. The van der Waals surface area contributed by atoms with E-state index in [1.165, 1.54) is 18.8 Å². The minimum absolute atomic E-state index is 0.0210. The van der Waals surface area contributed by atoms with Gasteiger partial charge in [0.2, 0.25) is 5.89 Å². The maximum absolute atomic E-state index is 6.89. The number of hydrogen-bond acceptors (Lipinski definition) is 15. The average molecular weight is 498 g/mol. The lowest BCUT2D eigenvalue weighted by molar-refractivity contribution is -0.201. The first-order valence-corrected chi connectivity index (χ1v) is 11.5.